The Morgan fingerprint density at radius 1 is 1.05 bits per heavy atom. The third-order valence-electron chi connectivity index (χ3n) is 6.80. The van der Waals surface area contributed by atoms with Crippen LogP contribution in [0.5, 0.6) is 28.7 Å². The molecule has 0 radical (unpaired) electrons. The van der Waals surface area contributed by atoms with Crippen LogP contribution in [0.4, 0.5) is 13.2 Å². The number of esters is 1. The van der Waals surface area contributed by atoms with Crippen LogP contribution in [0.25, 0.3) is 5.57 Å². The Kier molecular flexibility index (Phi) is 8.35. The van der Waals surface area contributed by atoms with Gasteiger partial charge in [-0.15, -0.1) is 0 Å². The van der Waals surface area contributed by atoms with Crippen molar-refractivity contribution in [3.63, 3.8) is 0 Å². The van der Waals surface area contributed by atoms with Crippen molar-refractivity contribution in [1.29, 1.82) is 0 Å². The summed E-state index contributed by atoms with van der Waals surface area (Å²) in [5.74, 6) is -2.82. The summed E-state index contributed by atoms with van der Waals surface area (Å²) in [6, 6.07) is 9.60. The maximum Gasteiger partial charge on any atom is 0.330 e. The van der Waals surface area contributed by atoms with E-state index in [9.17, 15) is 22.0 Å². The van der Waals surface area contributed by atoms with Crippen molar-refractivity contribution in [1.82, 2.24) is 0 Å². The summed E-state index contributed by atoms with van der Waals surface area (Å²) in [4.78, 5) is 11.6. The van der Waals surface area contributed by atoms with Crippen molar-refractivity contribution in [2.75, 3.05) is 32.3 Å². The van der Waals surface area contributed by atoms with Crippen LogP contribution in [0.3, 0.4) is 0 Å². The third kappa shape index (κ3) is 6.48. The molecule has 0 saturated heterocycles. The molecule has 0 saturated carbocycles. The Morgan fingerprint density at radius 2 is 1.81 bits per heavy atom. The monoisotopic (exact) mass is 604 g/mol. The number of fused-ring (bicyclic) bond motifs is 2. The van der Waals surface area contributed by atoms with E-state index >= 15 is 4.39 Å². The first-order valence-corrected chi connectivity index (χ1v) is 15.1. The van der Waals surface area contributed by atoms with Gasteiger partial charge in [-0.1, -0.05) is 0 Å². The fourth-order valence-corrected chi connectivity index (χ4v) is 5.53. The molecule has 0 unspecified atom stereocenters. The summed E-state index contributed by atoms with van der Waals surface area (Å²) in [7, 11) is -1.93. The molecule has 12 heteroatoms. The molecule has 0 bridgehead atoms. The zero-order chi connectivity index (χ0) is 30.0. The Morgan fingerprint density at radius 3 is 2.52 bits per heavy atom. The smallest absolute Gasteiger partial charge is 0.330 e. The van der Waals surface area contributed by atoms with Crippen molar-refractivity contribution < 1.29 is 50.1 Å². The molecule has 3 aromatic carbocycles. The first kappa shape index (κ1) is 29.3. The fraction of sp³-hybridized carbons (Fsp3) is 0.300. The molecule has 1 aliphatic heterocycles. The third-order valence-corrected chi connectivity index (χ3v) is 7.83. The summed E-state index contributed by atoms with van der Waals surface area (Å²) >= 11 is 0. The van der Waals surface area contributed by atoms with Gasteiger partial charge in [0, 0.05) is 52.8 Å². The number of methoxy groups -OCH3 is 1. The Bertz CT molecular complexity index is 1650. The van der Waals surface area contributed by atoms with Crippen LogP contribution >= 0.6 is 0 Å². The van der Waals surface area contributed by atoms with E-state index in [2.05, 4.69) is 4.74 Å². The number of ether oxygens (including phenoxy) is 5. The number of benzene rings is 3. The standard InChI is InChI=1S/C30H27F3O8S/c1-37-28(34)12-17-16-39-27-15-18(4-5-20(17)27)40-26-8-6-21-25(9-7-22(31)29(21)26)41-19-13-23(32)30(24(33)14-19)38-10-3-11-42(2,35)36/h4-5,7,9,12-15,26H,3,6,8,10-11,16H2,1-2H3/b17-12+/t26-/m1/s1. The highest BCUT2D eigenvalue weighted by Crippen LogP contribution is 2.44. The molecule has 0 fully saturated rings. The lowest BCUT2D eigenvalue weighted by Gasteiger charge is -2.17. The molecule has 0 N–H and O–H groups in total. The molecule has 8 nitrogen and oxygen atoms in total. The molecular formula is C30H27F3O8S. The van der Waals surface area contributed by atoms with Gasteiger partial charge in [0.15, 0.2) is 17.4 Å². The van der Waals surface area contributed by atoms with E-state index in [1.54, 1.807) is 18.2 Å². The molecular weight excluding hydrogens is 577 g/mol. The van der Waals surface area contributed by atoms with Gasteiger partial charge in [0.05, 0.1) is 19.5 Å². The number of rotatable bonds is 10. The molecule has 1 aliphatic carbocycles. The fourth-order valence-electron chi connectivity index (χ4n) is 4.89. The Labute approximate surface area is 240 Å². The highest BCUT2D eigenvalue weighted by atomic mass is 32.2. The quantitative estimate of drug-likeness (QED) is 0.165. The maximum absolute atomic E-state index is 15.0. The molecule has 42 heavy (non-hydrogen) atoms. The highest BCUT2D eigenvalue weighted by Gasteiger charge is 2.31. The van der Waals surface area contributed by atoms with E-state index in [0.717, 1.165) is 24.0 Å². The highest BCUT2D eigenvalue weighted by molar-refractivity contribution is 7.90. The van der Waals surface area contributed by atoms with Crippen molar-refractivity contribution in [2.45, 2.75) is 25.4 Å². The number of hydrogen-bond acceptors (Lipinski definition) is 8. The number of sulfone groups is 1. The average molecular weight is 605 g/mol. The van der Waals surface area contributed by atoms with Gasteiger partial charge in [-0.3, -0.25) is 0 Å². The predicted octanol–water partition coefficient (Wildman–Crippen LogP) is 5.72. The average Bonchev–Trinajstić information content (AvgIpc) is 3.53. The Balaban J connectivity index is 1.30. The van der Waals surface area contributed by atoms with Gasteiger partial charge in [-0.2, -0.15) is 0 Å². The van der Waals surface area contributed by atoms with E-state index < -0.39 is 45.1 Å². The number of hydrogen-bond donors (Lipinski definition) is 0. The van der Waals surface area contributed by atoms with Gasteiger partial charge >= 0.3 is 5.97 Å². The molecule has 1 atom stereocenters. The SMILES string of the molecule is COC(=O)/C=C1\COc2cc(O[C@@H]3CCc4c(Oc5cc(F)c(OCCCS(C)(=O)=O)c(F)c5)ccc(F)c43)ccc21. The molecule has 1 heterocycles. The summed E-state index contributed by atoms with van der Waals surface area (Å²) in [5.41, 5.74) is 2.20. The van der Waals surface area contributed by atoms with Crippen molar-refractivity contribution >= 4 is 21.4 Å². The molecule has 5 rings (SSSR count). The van der Waals surface area contributed by atoms with Crippen LogP contribution in [-0.4, -0.2) is 46.7 Å². The van der Waals surface area contributed by atoms with Crippen molar-refractivity contribution in [3.8, 4) is 28.7 Å². The largest absolute Gasteiger partial charge is 0.488 e. The minimum atomic E-state index is -3.22. The first-order chi connectivity index (χ1) is 20.0. The Hall–Kier alpha value is -4.19. The van der Waals surface area contributed by atoms with Crippen LogP contribution in [0.2, 0.25) is 0 Å². The lowest BCUT2D eigenvalue weighted by Crippen LogP contribution is -2.09. The second-order valence-electron chi connectivity index (χ2n) is 9.87. The zero-order valence-electron chi connectivity index (χ0n) is 22.7. The molecule has 3 aromatic rings. The normalized spacial score (nSPS) is 16.5. The second-order valence-corrected chi connectivity index (χ2v) is 12.1. The van der Waals surface area contributed by atoms with Crippen molar-refractivity contribution in [3.05, 3.63) is 82.7 Å². The molecule has 0 amide bonds. The number of halogens is 3. The van der Waals surface area contributed by atoms with Crippen LogP contribution in [-0.2, 0) is 25.8 Å². The maximum atomic E-state index is 15.0. The van der Waals surface area contributed by atoms with E-state index in [4.69, 9.17) is 18.9 Å². The number of carbonyl (C=O) groups excluding carboxylic acids is 1. The summed E-state index contributed by atoms with van der Waals surface area (Å²) in [6.45, 7) is 0.0165. The molecule has 2 aliphatic rings. The lowest BCUT2D eigenvalue weighted by atomic mass is 10.1. The van der Waals surface area contributed by atoms with E-state index in [-0.39, 0.29) is 42.4 Å². The van der Waals surface area contributed by atoms with Crippen LogP contribution in [0, 0.1) is 17.5 Å². The first-order valence-electron chi connectivity index (χ1n) is 13.0. The predicted molar refractivity (Wildman–Crippen MR) is 146 cm³/mol. The van der Waals surface area contributed by atoms with Gasteiger partial charge in [0.2, 0.25) is 0 Å². The molecule has 0 aromatic heterocycles. The van der Waals surface area contributed by atoms with Crippen LogP contribution in [0.1, 0.15) is 35.6 Å². The van der Waals surface area contributed by atoms with Crippen LogP contribution in [0.15, 0.2) is 48.5 Å². The van der Waals surface area contributed by atoms with E-state index in [0.29, 0.717) is 35.5 Å². The number of carbonyl (C=O) groups is 1. The second kappa shape index (κ2) is 12.0. The van der Waals surface area contributed by atoms with Gasteiger partial charge in [0.1, 0.15) is 51.4 Å². The molecule has 222 valence electrons. The van der Waals surface area contributed by atoms with Gasteiger partial charge < -0.3 is 23.7 Å². The topological polar surface area (TPSA) is 97.4 Å². The van der Waals surface area contributed by atoms with Gasteiger partial charge in [-0.05, 0) is 43.5 Å². The minimum Gasteiger partial charge on any atom is -0.488 e. The summed E-state index contributed by atoms with van der Waals surface area (Å²) < 4.78 is 94.1. The van der Waals surface area contributed by atoms with Crippen LogP contribution < -0.4 is 18.9 Å². The zero-order valence-corrected chi connectivity index (χ0v) is 23.6. The lowest BCUT2D eigenvalue weighted by molar-refractivity contribution is -0.134. The van der Waals surface area contributed by atoms with Gasteiger partial charge in [0.25, 0.3) is 0 Å². The summed E-state index contributed by atoms with van der Waals surface area (Å²) in [5, 5.41) is 0. The summed E-state index contributed by atoms with van der Waals surface area (Å²) in [6.07, 6.45) is 2.67. The van der Waals surface area contributed by atoms with Gasteiger partial charge in [-0.25, -0.2) is 26.4 Å². The minimum absolute atomic E-state index is 0.0763. The van der Waals surface area contributed by atoms with E-state index in [1.807, 2.05) is 0 Å². The van der Waals surface area contributed by atoms with Crippen molar-refractivity contribution in [2.24, 2.45) is 0 Å². The molecule has 0 spiro atoms. The van der Waals surface area contributed by atoms with E-state index in [1.165, 1.54) is 25.3 Å².